The molecular weight excluding hydrogens is 682 g/mol. The lowest BCUT2D eigenvalue weighted by atomic mass is 10.2. The van der Waals surface area contributed by atoms with Gasteiger partial charge in [-0.1, -0.05) is 0 Å². The first-order valence-electron chi connectivity index (χ1n) is 5.31. The van der Waals surface area contributed by atoms with E-state index >= 15 is 0 Å². The fourth-order valence-electron chi connectivity index (χ4n) is 1.28. The van der Waals surface area contributed by atoms with Crippen LogP contribution < -0.4 is 10.4 Å². The number of carbonyl (C=O) groups is 1. The third kappa shape index (κ3) is 5.03. The van der Waals surface area contributed by atoms with Gasteiger partial charge in [-0.05, 0) is 73.8 Å². The molecule has 0 saturated carbocycles. The Morgan fingerprint density at radius 1 is 1.26 bits per heavy atom. The molecule has 0 aromatic heterocycles. The van der Waals surface area contributed by atoms with Crippen molar-refractivity contribution in [3.8, 4) is 0 Å². The molecule has 1 aromatic rings. The Hall–Kier alpha value is 0.0900. The Morgan fingerprint density at radius 3 is 2.22 bits per heavy atom. The van der Waals surface area contributed by atoms with Crippen molar-refractivity contribution < 1.29 is 31.5 Å². The van der Waals surface area contributed by atoms with E-state index in [1.54, 1.807) is 45.2 Å². The van der Waals surface area contributed by atoms with E-state index in [9.17, 15) is 31.5 Å². The smallest absolute Gasteiger partial charge is 0.518 e. The molecule has 23 heavy (non-hydrogen) atoms. The van der Waals surface area contributed by atoms with Gasteiger partial charge in [-0.2, -0.15) is 26.0 Å². The fourth-order valence-corrected chi connectivity index (χ4v) is 5.80. The van der Waals surface area contributed by atoms with Crippen LogP contribution in [-0.2, 0) is 14.8 Å². The van der Waals surface area contributed by atoms with Crippen molar-refractivity contribution in [3.63, 3.8) is 0 Å². The lowest BCUT2D eigenvalue weighted by Gasteiger charge is -2.19. The number of hydrogen-bond donors (Lipinski definition) is 1. The van der Waals surface area contributed by atoms with Crippen molar-refractivity contribution in [1.82, 2.24) is 0 Å². The SMILES string of the molecule is CC(=O)Nc1c(I)cc(I)c(/C([O-])=N/S(=O)(=O)C(F)(F)F)c1I. The van der Waals surface area contributed by atoms with E-state index in [0.29, 0.717) is 3.57 Å². The average Bonchev–Trinajstić information content (AvgIpc) is 2.31. The number of hydrogen-bond acceptors (Lipinski definition) is 4. The second-order valence-electron chi connectivity index (χ2n) is 3.90. The van der Waals surface area contributed by atoms with E-state index in [0.717, 1.165) is 0 Å². The number of nitrogens with zero attached hydrogens (tertiary/aromatic N) is 1. The Kier molecular flexibility index (Phi) is 6.93. The minimum absolute atomic E-state index is 0.0974. The van der Waals surface area contributed by atoms with Gasteiger partial charge in [0.2, 0.25) is 5.91 Å². The topological polar surface area (TPSA) is 98.7 Å². The van der Waals surface area contributed by atoms with Gasteiger partial charge in [0.25, 0.3) is 0 Å². The van der Waals surface area contributed by atoms with Crippen LogP contribution in [0.5, 0.6) is 0 Å². The largest absolute Gasteiger partial charge is 0.858 e. The van der Waals surface area contributed by atoms with E-state index < -0.39 is 27.3 Å². The predicted octanol–water partition coefficient (Wildman–Crippen LogP) is 2.42. The minimum Gasteiger partial charge on any atom is -0.858 e. The molecule has 0 unspecified atom stereocenters. The molecule has 13 heteroatoms. The standard InChI is InChI=1S/C10H6F3I3N2O4S/c1-3(19)17-8-5(15)2-4(14)6(7(8)16)9(20)18-23(21,22)10(11,12)13/h2H,1H3,(H,17,19)(H,18,20)/p-1. The molecule has 0 aliphatic carbocycles. The summed E-state index contributed by atoms with van der Waals surface area (Å²) in [5.74, 6) is -2.01. The van der Waals surface area contributed by atoms with Crippen LogP contribution in [0.4, 0.5) is 18.9 Å². The molecule has 0 aliphatic heterocycles. The van der Waals surface area contributed by atoms with Crippen molar-refractivity contribution in [1.29, 1.82) is 0 Å². The molecule has 1 rings (SSSR count). The van der Waals surface area contributed by atoms with Gasteiger partial charge in [0.1, 0.15) is 0 Å². The quantitative estimate of drug-likeness (QED) is 0.300. The molecule has 0 aliphatic rings. The summed E-state index contributed by atoms with van der Waals surface area (Å²) >= 11 is 5.16. The molecule has 0 heterocycles. The highest BCUT2D eigenvalue weighted by Gasteiger charge is 2.45. The van der Waals surface area contributed by atoms with Crippen LogP contribution in [0.1, 0.15) is 12.5 Å². The summed E-state index contributed by atoms with van der Waals surface area (Å²) in [6.07, 6.45) is 0. The molecule has 1 amide bonds. The number of anilines is 1. The van der Waals surface area contributed by atoms with Gasteiger partial charge in [-0.25, -0.2) is 0 Å². The molecular formula is C10H5F3I3N2O4S-. The highest BCUT2D eigenvalue weighted by molar-refractivity contribution is 14.1. The van der Waals surface area contributed by atoms with Crippen LogP contribution in [-0.4, -0.2) is 25.7 Å². The van der Waals surface area contributed by atoms with Crippen molar-refractivity contribution in [2.45, 2.75) is 12.4 Å². The van der Waals surface area contributed by atoms with Crippen molar-refractivity contribution in [2.24, 2.45) is 4.40 Å². The Bertz CT molecular complexity index is 794. The second kappa shape index (κ2) is 7.54. The van der Waals surface area contributed by atoms with Crippen LogP contribution in [0.2, 0.25) is 0 Å². The minimum atomic E-state index is -5.95. The van der Waals surface area contributed by atoms with Crippen molar-refractivity contribution in [2.75, 3.05) is 5.32 Å². The molecule has 0 saturated heterocycles. The zero-order valence-electron chi connectivity index (χ0n) is 10.8. The number of halogens is 6. The van der Waals surface area contributed by atoms with Crippen molar-refractivity contribution >= 4 is 95.3 Å². The second-order valence-corrected chi connectivity index (χ2v) is 8.90. The van der Waals surface area contributed by atoms with Gasteiger partial charge >= 0.3 is 15.5 Å². The van der Waals surface area contributed by atoms with Crippen LogP contribution in [0.25, 0.3) is 0 Å². The average molecular weight is 687 g/mol. The zero-order valence-corrected chi connectivity index (χ0v) is 18.1. The van der Waals surface area contributed by atoms with Gasteiger partial charge in [0.15, 0.2) is 0 Å². The Morgan fingerprint density at radius 2 is 1.78 bits per heavy atom. The third-order valence-corrected chi connectivity index (χ3v) is 5.95. The molecule has 0 fully saturated rings. The molecule has 0 atom stereocenters. The first-order valence-corrected chi connectivity index (χ1v) is 9.99. The highest BCUT2D eigenvalue weighted by atomic mass is 127. The summed E-state index contributed by atoms with van der Waals surface area (Å²) in [6.45, 7) is 1.21. The molecule has 1 N–H and O–H groups in total. The maximum Gasteiger partial charge on any atom is 0.518 e. The van der Waals surface area contributed by atoms with E-state index in [1.807, 2.05) is 22.6 Å². The zero-order chi connectivity index (χ0) is 18.2. The molecule has 0 radical (unpaired) electrons. The number of alkyl halides is 3. The molecule has 0 bridgehead atoms. The summed E-state index contributed by atoms with van der Waals surface area (Å²) in [5.41, 5.74) is -5.80. The summed E-state index contributed by atoms with van der Waals surface area (Å²) in [5, 5.41) is 14.4. The van der Waals surface area contributed by atoms with Gasteiger partial charge in [0, 0.05) is 29.1 Å². The Balaban J connectivity index is 3.58. The van der Waals surface area contributed by atoms with Crippen LogP contribution in [0, 0.1) is 10.7 Å². The number of sulfonamides is 1. The maximum atomic E-state index is 12.3. The van der Waals surface area contributed by atoms with E-state index in [4.69, 9.17) is 0 Å². The van der Waals surface area contributed by atoms with Crippen LogP contribution in [0.3, 0.4) is 0 Å². The predicted molar refractivity (Wildman–Crippen MR) is 100 cm³/mol. The van der Waals surface area contributed by atoms with Crippen LogP contribution >= 0.6 is 67.8 Å². The first-order chi connectivity index (χ1) is 10.3. The summed E-state index contributed by atoms with van der Waals surface area (Å²) in [4.78, 5) is 11.2. The number of amides is 1. The van der Waals surface area contributed by atoms with Gasteiger partial charge < -0.3 is 10.4 Å². The third-order valence-electron chi connectivity index (χ3n) is 2.18. The van der Waals surface area contributed by atoms with Gasteiger partial charge in [-0.15, -0.1) is 0 Å². The fraction of sp³-hybridized carbons (Fsp3) is 0.200. The molecule has 0 spiro atoms. The number of nitrogens with one attached hydrogen (secondary N) is 1. The number of rotatable bonds is 3. The highest BCUT2D eigenvalue weighted by Crippen LogP contribution is 2.32. The number of carbonyl (C=O) groups excluding carboxylic acids is 1. The van der Waals surface area contributed by atoms with Crippen molar-refractivity contribution in [3.05, 3.63) is 22.3 Å². The number of benzene rings is 1. The first kappa shape index (κ1) is 21.1. The lowest BCUT2D eigenvalue weighted by molar-refractivity contribution is -0.212. The van der Waals surface area contributed by atoms with Gasteiger partial charge in [-0.3, -0.25) is 4.79 Å². The monoisotopic (exact) mass is 687 g/mol. The summed E-state index contributed by atoms with van der Waals surface area (Å²) in [7, 11) is -5.95. The Labute approximate surface area is 169 Å². The molecule has 1 aromatic carbocycles. The van der Waals surface area contributed by atoms with Gasteiger partial charge in [0.05, 0.1) is 5.69 Å². The van der Waals surface area contributed by atoms with E-state index in [-0.39, 0.29) is 18.4 Å². The van der Waals surface area contributed by atoms with E-state index in [1.165, 1.54) is 13.0 Å². The molecule has 128 valence electrons. The van der Waals surface area contributed by atoms with Crippen LogP contribution in [0.15, 0.2) is 10.5 Å². The lowest BCUT2D eigenvalue weighted by Crippen LogP contribution is -2.29. The normalized spacial score (nSPS) is 13.1. The maximum absolute atomic E-state index is 12.3. The summed E-state index contributed by atoms with van der Waals surface area (Å²) in [6, 6.07) is 1.41. The summed E-state index contributed by atoms with van der Waals surface area (Å²) < 4.78 is 62.1. The molecule has 6 nitrogen and oxygen atoms in total. The van der Waals surface area contributed by atoms with E-state index in [2.05, 4.69) is 9.71 Å².